The average Bonchev–Trinajstić information content (AvgIpc) is 3.01. The van der Waals surface area contributed by atoms with Crippen molar-refractivity contribution in [1.29, 1.82) is 0 Å². The number of amidine groups is 1. The highest BCUT2D eigenvalue weighted by atomic mass is 32.2. The van der Waals surface area contributed by atoms with Crippen molar-refractivity contribution in [2.45, 2.75) is 59.0 Å². The Morgan fingerprint density at radius 3 is 2.16 bits per heavy atom. The summed E-state index contributed by atoms with van der Waals surface area (Å²) in [7, 11) is 0. The number of nitrogens with zero attached hydrogens (tertiary/aromatic N) is 1. The van der Waals surface area contributed by atoms with Gasteiger partial charge in [-0.3, -0.25) is 10.1 Å². The van der Waals surface area contributed by atoms with Crippen molar-refractivity contribution in [2.24, 2.45) is 5.16 Å². The molecule has 0 radical (unpaired) electrons. The third kappa shape index (κ3) is 5.70. The van der Waals surface area contributed by atoms with E-state index in [1.54, 1.807) is 0 Å². The number of oxime groups is 1. The van der Waals surface area contributed by atoms with Gasteiger partial charge in [0.25, 0.3) is 5.91 Å². The first kappa shape index (κ1) is 22.9. The molecule has 0 bridgehead atoms. The molecule has 6 heteroatoms. The van der Waals surface area contributed by atoms with Crippen LogP contribution >= 0.6 is 11.8 Å². The summed E-state index contributed by atoms with van der Waals surface area (Å²) in [4.78, 5) is 18.4. The van der Waals surface area contributed by atoms with Gasteiger partial charge in [-0.1, -0.05) is 77.0 Å². The minimum Gasteiger partial charge on any atom is -0.507 e. The van der Waals surface area contributed by atoms with E-state index < -0.39 is 0 Å². The number of amides is 1. The van der Waals surface area contributed by atoms with Crippen LogP contribution in [-0.2, 0) is 27.1 Å². The summed E-state index contributed by atoms with van der Waals surface area (Å²) in [5.74, 6) is 0.108. The number of phenols is 1. The molecule has 2 aromatic carbocycles. The first-order valence-corrected chi connectivity index (χ1v) is 11.1. The fraction of sp³-hybridized carbons (Fsp3) is 0.360. The molecule has 31 heavy (non-hydrogen) atoms. The van der Waals surface area contributed by atoms with Gasteiger partial charge in [0, 0.05) is 11.1 Å². The van der Waals surface area contributed by atoms with Crippen molar-refractivity contribution in [3.05, 3.63) is 69.6 Å². The van der Waals surface area contributed by atoms with Gasteiger partial charge in [-0.2, -0.15) is 0 Å². The number of carbonyl (C=O) groups excluding carboxylic acids is 1. The van der Waals surface area contributed by atoms with Gasteiger partial charge in [0.05, 0.1) is 4.91 Å². The molecule has 0 aliphatic carbocycles. The molecule has 2 N–H and O–H groups in total. The van der Waals surface area contributed by atoms with Crippen molar-refractivity contribution in [2.75, 3.05) is 0 Å². The van der Waals surface area contributed by atoms with E-state index in [9.17, 15) is 9.90 Å². The van der Waals surface area contributed by atoms with Crippen LogP contribution in [0.15, 0.2) is 52.5 Å². The highest BCUT2D eigenvalue weighted by molar-refractivity contribution is 8.18. The molecule has 1 aliphatic rings. The number of hydrogen-bond donors (Lipinski definition) is 2. The topological polar surface area (TPSA) is 70.9 Å². The Morgan fingerprint density at radius 1 is 1.03 bits per heavy atom. The van der Waals surface area contributed by atoms with E-state index in [1.165, 1.54) is 11.8 Å². The standard InChI is InChI=1S/C25H30N2O3S/c1-24(2,3)18-12-17(13-19(21(18)28)25(4,5)6)14-20-22(29)26-23(31-20)27-30-15-16-10-8-7-9-11-16/h7-14,28H,15H2,1-6H3,(H,26,27,29)/b20-14-. The number of benzene rings is 2. The second kappa shape index (κ2) is 8.79. The van der Waals surface area contributed by atoms with Gasteiger partial charge in [-0.05, 0) is 51.9 Å². The fourth-order valence-corrected chi connectivity index (χ4v) is 4.03. The van der Waals surface area contributed by atoms with E-state index in [0.717, 1.165) is 22.3 Å². The monoisotopic (exact) mass is 438 g/mol. The second-order valence-electron chi connectivity index (χ2n) is 9.68. The molecular weight excluding hydrogens is 408 g/mol. The molecule has 164 valence electrons. The van der Waals surface area contributed by atoms with Crippen molar-refractivity contribution in [3.8, 4) is 5.75 Å². The third-order valence-corrected chi connectivity index (χ3v) is 5.81. The van der Waals surface area contributed by atoms with E-state index in [2.05, 4.69) is 52.0 Å². The highest BCUT2D eigenvalue weighted by Gasteiger charge is 2.28. The molecule has 0 aromatic heterocycles. The van der Waals surface area contributed by atoms with E-state index in [4.69, 9.17) is 4.84 Å². The molecule has 0 unspecified atom stereocenters. The van der Waals surface area contributed by atoms with Crippen LogP contribution in [-0.4, -0.2) is 16.2 Å². The van der Waals surface area contributed by atoms with Crippen LogP contribution in [0.1, 0.15) is 63.8 Å². The Balaban J connectivity index is 1.85. The summed E-state index contributed by atoms with van der Waals surface area (Å²) in [6.45, 7) is 12.7. The summed E-state index contributed by atoms with van der Waals surface area (Å²) in [5, 5.41) is 18.1. The van der Waals surface area contributed by atoms with Gasteiger partial charge < -0.3 is 9.94 Å². The Morgan fingerprint density at radius 2 is 1.61 bits per heavy atom. The molecule has 1 fully saturated rings. The molecule has 1 aliphatic heterocycles. The maximum Gasteiger partial charge on any atom is 0.264 e. The number of thioether (sulfide) groups is 1. The van der Waals surface area contributed by atoms with Gasteiger partial charge in [0.1, 0.15) is 12.4 Å². The van der Waals surface area contributed by atoms with Crippen LogP contribution in [0, 0.1) is 0 Å². The molecular formula is C25H30N2O3S. The quantitative estimate of drug-likeness (QED) is 0.476. The lowest BCUT2D eigenvalue weighted by Crippen LogP contribution is -2.20. The Labute approximate surface area is 188 Å². The number of carbonyl (C=O) groups is 1. The highest BCUT2D eigenvalue weighted by Crippen LogP contribution is 2.40. The first-order valence-electron chi connectivity index (χ1n) is 10.3. The molecule has 1 heterocycles. The molecule has 0 spiro atoms. The predicted molar refractivity (Wildman–Crippen MR) is 128 cm³/mol. The Hall–Kier alpha value is -2.73. The normalized spacial score (nSPS) is 17.3. The Kier molecular flexibility index (Phi) is 6.51. The van der Waals surface area contributed by atoms with Crippen LogP contribution in [0.3, 0.4) is 0 Å². The molecule has 3 rings (SSSR count). The number of phenolic OH excluding ortho intramolecular Hbond substituents is 1. The van der Waals surface area contributed by atoms with E-state index in [-0.39, 0.29) is 16.7 Å². The smallest absolute Gasteiger partial charge is 0.264 e. The molecule has 2 aromatic rings. The van der Waals surface area contributed by atoms with E-state index in [0.29, 0.717) is 22.4 Å². The summed E-state index contributed by atoms with van der Waals surface area (Å²) >= 11 is 1.24. The van der Waals surface area contributed by atoms with Crippen LogP contribution in [0.4, 0.5) is 0 Å². The van der Waals surface area contributed by atoms with Crippen molar-refractivity contribution in [3.63, 3.8) is 0 Å². The lowest BCUT2D eigenvalue weighted by Gasteiger charge is -2.28. The third-order valence-electron chi connectivity index (χ3n) is 4.92. The van der Waals surface area contributed by atoms with Gasteiger partial charge in [0.15, 0.2) is 0 Å². The minimum atomic E-state index is -0.235. The largest absolute Gasteiger partial charge is 0.507 e. The van der Waals surface area contributed by atoms with Gasteiger partial charge in [-0.15, -0.1) is 0 Å². The Bertz CT molecular complexity index is 994. The number of hydrogen-bond acceptors (Lipinski definition) is 5. The van der Waals surface area contributed by atoms with E-state index >= 15 is 0 Å². The van der Waals surface area contributed by atoms with Crippen LogP contribution in [0.5, 0.6) is 5.75 Å². The van der Waals surface area contributed by atoms with Gasteiger partial charge >= 0.3 is 0 Å². The second-order valence-corrected chi connectivity index (χ2v) is 10.7. The molecule has 0 saturated carbocycles. The lowest BCUT2D eigenvalue weighted by atomic mass is 9.78. The lowest BCUT2D eigenvalue weighted by molar-refractivity contribution is -0.115. The van der Waals surface area contributed by atoms with Crippen LogP contribution < -0.4 is 5.32 Å². The van der Waals surface area contributed by atoms with Gasteiger partial charge in [0.2, 0.25) is 5.17 Å². The summed E-state index contributed by atoms with van der Waals surface area (Å²) in [6, 6.07) is 13.6. The molecule has 1 amide bonds. The zero-order valence-corrected chi connectivity index (χ0v) is 19.8. The molecule has 5 nitrogen and oxygen atoms in total. The minimum absolute atomic E-state index is 0.213. The summed E-state index contributed by atoms with van der Waals surface area (Å²) in [6.07, 6.45) is 1.84. The maximum absolute atomic E-state index is 12.5. The average molecular weight is 439 g/mol. The zero-order chi connectivity index (χ0) is 22.8. The van der Waals surface area contributed by atoms with Crippen LogP contribution in [0.2, 0.25) is 0 Å². The summed E-state index contributed by atoms with van der Waals surface area (Å²) < 4.78 is 0. The van der Waals surface area contributed by atoms with Crippen molar-refractivity contribution in [1.82, 2.24) is 5.32 Å². The van der Waals surface area contributed by atoms with E-state index in [1.807, 2.05) is 48.5 Å². The first-order chi connectivity index (χ1) is 14.4. The molecule has 1 saturated heterocycles. The van der Waals surface area contributed by atoms with Crippen LogP contribution in [0.25, 0.3) is 6.08 Å². The predicted octanol–water partition coefficient (Wildman–Crippen LogP) is 5.68. The van der Waals surface area contributed by atoms with Crippen molar-refractivity contribution >= 4 is 28.9 Å². The maximum atomic E-state index is 12.5. The SMILES string of the molecule is CC(C)(C)c1cc(/C=C2\S/C(=N\OCc3ccccc3)NC2=O)cc(C(C)(C)C)c1O. The summed E-state index contributed by atoms with van der Waals surface area (Å²) in [5.41, 5.74) is 3.12. The molecule has 0 atom stereocenters. The zero-order valence-electron chi connectivity index (χ0n) is 18.9. The fourth-order valence-electron chi connectivity index (χ4n) is 3.25. The number of rotatable bonds is 4. The number of aromatic hydroxyl groups is 1. The van der Waals surface area contributed by atoms with Gasteiger partial charge in [-0.25, -0.2) is 0 Å². The number of nitrogens with one attached hydrogen (secondary N) is 1. The van der Waals surface area contributed by atoms with Crippen molar-refractivity contribution < 1.29 is 14.7 Å².